The predicted molar refractivity (Wildman–Crippen MR) is 90.0 cm³/mol. The van der Waals surface area contributed by atoms with Gasteiger partial charge in [0.25, 0.3) is 0 Å². The summed E-state index contributed by atoms with van der Waals surface area (Å²) in [4.78, 5) is 4.93. The SMILES string of the molecule is C/C(=N\NC(N)=S)c1ccccc1OCc1cnc(Cl)s1. The minimum absolute atomic E-state index is 0.118. The number of para-hydroxylation sites is 1. The maximum atomic E-state index is 5.80. The standard InChI is InChI=1S/C13H13ClN4OS2/c1-8(17-18-13(15)20)10-4-2-3-5-11(10)19-7-9-6-16-12(14)21-9/h2-6H,7H2,1H3,(H3,15,18,20)/b17-8+. The van der Waals surface area contributed by atoms with Gasteiger partial charge < -0.3 is 10.5 Å². The number of nitrogens with one attached hydrogen (secondary N) is 1. The third kappa shape index (κ3) is 4.66. The zero-order valence-electron chi connectivity index (χ0n) is 11.2. The number of nitrogens with zero attached hydrogens (tertiary/aromatic N) is 2. The predicted octanol–water partition coefficient (Wildman–Crippen LogP) is 2.93. The maximum Gasteiger partial charge on any atom is 0.184 e. The molecule has 0 spiro atoms. The first-order valence-corrected chi connectivity index (χ1v) is 7.58. The van der Waals surface area contributed by atoms with Crippen LogP contribution in [-0.2, 0) is 6.61 Å². The van der Waals surface area contributed by atoms with Gasteiger partial charge in [-0.05, 0) is 31.3 Å². The molecule has 110 valence electrons. The first-order chi connectivity index (χ1) is 10.1. The molecule has 0 aliphatic carbocycles. The second-order valence-corrected chi connectivity index (χ2v) is 6.17. The van der Waals surface area contributed by atoms with Crippen LogP contribution in [-0.4, -0.2) is 15.8 Å². The quantitative estimate of drug-likeness (QED) is 0.497. The van der Waals surface area contributed by atoms with E-state index in [1.807, 2.05) is 31.2 Å². The highest BCUT2D eigenvalue weighted by Gasteiger charge is 2.08. The summed E-state index contributed by atoms with van der Waals surface area (Å²) in [5.74, 6) is 0.716. The molecule has 2 aromatic rings. The average molecular weight is 341 g/mol. The molecule has 1 heterocycles. The number of thiocarbonyl (C=S) groups is 1. The number of thiazole rings is 1. The molecule has 0 unspecified atom stereocenters. The van der Waals surface area contributed by atoms with E-state index in [4.69, 9.17) is 34.3 Å². The van der Waals surface area contributed by atoms with Gasteiger partial charge in [-0.3, -0.25) is 5.43 Å². The molecule has 1 aromatic carbocycles. The number of hydrogen-bond donors (Lipinski definition) is 2. The van der Waals surface area contributed by atoms with E-state index in [0.29, 0.717) is 16.8 Å². The van der Waals surface area contributed by atoms with Crippen LogP contribution in [0.1, 0.15) is 17.4 Å². The lowest BCUT2D eigenvalue weighted by Gasteiger charge is -2.10. The number of benzene rings is 1. The Balaban J connectivity index is 2.12. The van der Waals surface area contributed by atoms with Crippen molar-refractivity contribution >= 4 is 46.0 Å². The van der Waals surface area contributed by atoms with Crippen LogP contribution >= 0.6 is 35.2 Å². The van der Waals surface area contributed by atoms with Crippen LogP contribution in [0.25, 0.3) is 0 Å². The molecule has 2 rings (SSSR count). The summed E-state index contributed by atoms with van der Waals surface area (Å²) in [5, 5.41) is 4.22. The Bertz CT molecular complexity index is 672. The minimum Gasteiger partial charge on any atom is -0.487 e. The number of hydrogen-bond acceptors (Lipinski definition) is 5. The van der Waals surface area contributed by atoms with Crippen LogP contribution in [0.2, 0.25) is 4.47 Å². The molecule has 0 saturated carbocycles. The Morgan fingerprint density at radius 2 is 2.29 bits per heavy atom. The Hall–Kier alpha value is -1.70. The van der Waals surface area contributed by atoms with Gasteiger partial charge >= 0.3 is 0 Å². The fourth-order valence-electron chi connectivity index (χ4n) is 1.59. The number of nitrogens with two attached hydrogens (primary N) is 1. The molecule has 0 fully saturated rings. The Labute approximate surface area is 136 Å². The number of ether oxygens (including phenoxy) is 1. The summed E-state index contributed by atoms with van der Waals surface area (Å²) in [6.07, 6.45) is 1.70. The molecule has 0 atom stereocenters. The van der Waals surface area contributed by atoms with Crippen molar-refractivity contribution in [1.82, 2.24) is 10.4 Å². The lowest BCUT2D eigenvalue weighted by atomic mass is 10.1. The molecule has 0 aliphatic rings. The molecule has 0 saturated heterocycles. The average Bonchev–Trinajstić information content (AvgIpc) is 2.88. The molecule has 0 aliphatic heterocycles. The zero-order valence-corrected chi connectivity index (χ0v) is 13.6. The summed E-state index contributed by atoms with van der Waals surface area (Å²) in [6.45, 7) is 2.24. The Kier molecular flexibility index (Phi) is 5.49. The highest BCUT2D eigenvalue weighted by atomic mass is 35.5. The normalized spacial score (nSPS) is 11.2. The summed E-state index contributed by atoms with van der Waals surface area (Å²) < 4.78 is 6.30. The number of hydrazone groups is 1. The fraction of sp³-hybridized carbons (Fsp3) is 0.154. The van der Waals surface area contributed by atoms with Crippen molar-refractivity contribution in [3.05, 3.63) is 45.4 Å². The van der Waals surface area contributed by atoms with E-state index in [0.717, 1.165) is 16.2 Å². The van der Waals surface area contributed by atoms with E-state index in [1.165, 1.54) is 11.3 Å². The van der Waals surface area contributed by atoms with E-state index in [9.17, 15) is 0 Å². The van der Waals surface area contributed by atoms with Crippen LogP contribution < -0.4 is 15.9 Å². The monoisotopic (exact) mass is 340 g/mol. The van der Waals surface area contributed by atoms with Gasteiger partial charge in [0.15, 0.2) is 9.58 Å². The van der Waals surface area contributed by atoms with Gasteiger partial charge in [0.2, 0.25) is 0 Å². The second-order valence-electron chi connectivity index (χ2n) is 4.04. The molecule has 8 heteroatoms. The molecule has 1 aromatic heterocycles. The van der Waals surface area contributed by atoms with E-state index in [-0.39, 0.29) is 5.11 Å². The van der Waals surface area contributed by atoms with Crippen LogP contribution in [0.3, 0.4) is 0 Å². The largest absolute Gasteiger partial charge is 0.487 e. The lowest BCUT2D eigenvalue weighted by molar-refractivity contribution is 0.309. The van der Waals surface area contributed by atoms with Crippen LogP contribution in [0.5, 0.6) is 5.75 Å². The Morgan fingerprint density at radius 3 is 2.95 bits per heavy atom. The third-order valence-corrected chi connectivity index (χ3v) is 3.69. The molecular weight excluding hydrogens is 328 g/mol. The number of aromatic nitrogens is 1. The second kappa shape index (κ2) is 7.35. The zero-order chi connectivity index (χ0) is 15.2. The summed E-state index contributed by atoms with van der Waals surface area (Å²) in [5.41, 5.74) is 9.50. The van der Waals surface area contributed by atoms with Crippen molar-refractivity contribution in [1.29, 1.82) is 0 Å². The highest BCUT2D eigenvalue weighted by molar-refractivity contribution is 7.80. The van der Waals surface area contributed by atoms with Crippen molar-refractivity contribution in [3.8, 4) is 5.75 Å². The van der Waals surface area contributed by atoms with Crippen molar-refractivity contribution in [2.75, 3.05) is 0 Å². The molecule has 21 heavy (non-hydrogen) atoms. The van der Waals surface area contributed by atoms with Crippen LogP contribution in [0.4, 0.5) is 0 Å². The van der Waals surface area contributed by atoms with Gasteiger partial charge in [0, 0.05) is 11.8 Å². The minimum atomic E-state index is 0.118. The van der Waals surface area contributed by atoms with Gasteiger partial charge in [-0.25, -0.2) is 4.98 Å². The van der Waals surface area contributed by atoms with Crippen LogP contribution in [0, 0.1) is 0 Å². The van der Waals surface area contributed by atoms with Crippen molar-refractivity contribution in [2.24, 2.45) is 10.8 Å². The van der Waals surface area contributed by atoms with Gasteiger partial charge in [-0.2, -0.15) is 5.10 Å². The topological polar surface area (TPSA) is 72.5 Å². The van der Waals surface area contributed by atoms with Crippen molar-refractivity contribution < 1.29 is 4.74 Å². The summed E-state index contributed by atoms with van der Waals surface area (Å²) >= 11 is 11.9. The van der Waals surface area contributed by atoms with Crippen LogP contribution in [0.15, 0.2) is 35.6 Å². The third-order valence-electron chi connectivity index (χ3n) is 2.51. The van der Waals surface area contributed by atoms with E-state index in [1.54, 1.807) is 6.20 Å². The Morgan fingerprint density at radius 1 is 1.52 bits per heavy atom. The number of halogens is 1. The number of rotatable bonds is 5. The summed E-state index contributed by atoms with van der Waals surface area (Å²) in [7, 11) is 0. The highest BCUT2D eigenvalue weighted by Crippen LogP contribution is 2.23. The van der Waals surface area contributed by atoms with Gasteiger partial charge in [0.05, 0.1) is 10.6 Å². The molecule has 0 amide bonds. The summed E-state index contributed by atoms with van der Waals surface area (Å²) in [6, 6.07) is 7.59. The van der Waals surface area contributed by atoms with E-state index >= 15 is 0 Å². The van der Waals surface area contributed by atoms with Gasteiger partial charge in [-0.1, -0.05) is 23.7 Å². The van der Waals surface area contributed by atoms with Crippen molar-refractivity contribution in [3.63, 3.8) is 0 Å². The molecular formula is C13H13ClN4OS2. The molecule has 5 nitrogen and oxygen atoms in total. The first kappa shape index (κ1) is 15.7. The van der Waals surface area contributed by atoms with Gasteiger partial charge in [-0.15, -0.1) is 11.3 Å². The van der Waals surface area contributed by atoms with Gasteiger partial charge in [0.1, 0.15) is 12.4 Å². The van der Waals surface area contributed by atoms with Crippen molar-refractivity contribution in [2.45, 2.75) is 13.5 Å². The lowest BCUT2D eigenvalue weighted by Crippen LogP contribution is -2.25. The molecule has 3 N–H and O–H groups in total. The smallest absolute Gasteiger partial charge is 0.184 e. The molecule has 0 radical (unpaired) electrons. The fourth-order valence-corrected chi connectivity index (χ4v) is 2.53. The van der Waals surface area contributed by atoms with E-state index in [2.05, 4.69) is 15.5 Å². The first-order valence-electron chi connectivity index (χ1n) is 5.98. The molecule has 0 bridgehead atoms. The maximum absolute atomic E-state index is 5.80. The van der Waals surface area contributed by atoms with E-state index < -0.39 is 0 Å².